The Morgan fingerprint density at radius 1 is 1.00 bits per heavy atom. The lowest BCUT2D eigenvalue weighted by atomic mass is 10.1. The highest BCUT2D eigenvalue weighted by Crippen LogP contribution is 2.21. The van der Waals surface area contributed by atoms with E-state index in [1.165, 1.54) is 8.61 Å². The van der Waals surface area contributed by atoms with Crippen molar-refractivity contribution in [3.05, 3.63) is 65.2 Å². The van der Waals surface area contributed by atoms with Gasteiger partial charge in [-0.15, -0.1) is 0 Å². The fourth-order valence-electron chi connectivity index (χ4n) is 2.91. The predicted octanol–water partition coefficient (Wildman–Crippen LogP) is 2.30. The van der Waals surface area contributed by atoms with Gasteiger partial charge in [0.1, 0.15) is 0 Å². The van der Waals surface area contributed by atoms with Gasteiger partial charge in [0.25, 0.3) is 10.2 Å². The minimum Gasteiger partial charge on any atom is -0.325 e. The molecule has 26 heavy (non-hydrogen) atoms. The summed E-state index contributed by atoms with van der Waals surface area (Å²) in [5.74, 6) is -0.338. The van der Waals surface area contributed by atoms with Gasteiger partial charge in [-0.3, -0.25) is 4.79 Å². The molecule has 0 bridgehead atoms. The molecule has 1 aliphatic heterocycles. The van der Waals surface area contributed by atoms with E-state index in [1.807, 2.05) is 50.2 Å². The van der Waals surface area contributed by atoms with Crippen molar-refractivity contribution in [2.45, 2.75) is 20.4 Å². The number of amides is 1. The highest BCUT2D eigenvalue weighted by molar-refractivity contribution is 7.87. The molecule has 0 spiro atoms. The third kappa shape index (κ3) is 4.12. The topological polar surface area (TPSA) is 69.7 Å². The second-order valence-corrected chi connectivity index (χ2v) is 8.44. The highest BCUT2D eigenvalue weighted by atomic mass is 32.2. The first-order chi connectivity index (χ1) is 12.4. The zero-order chi connectivity index (χ0) is 18.7. The lowest BCUT2D eigenvalue weighted by Gasteiger charge is -2.19. The molecule has 138 valence electrons. The van der Waals surface area contributed by atoms with E-state index < -0.39 is 10.2 Å². The number of nitrogens with one attached hydrogen (secondary N) is 1. The SMILES string of the molecule is Cc1ccc(NC(=O)CN2CCN(Cc3ccccc3C)S2(=O)=O)cc1. The van der Waals surface area contributed by atoms with Crippen molar-refractivity contribution in [3.63, 3.8) is 0 Å². The van der Waals surface area contributed by atoms with Crippen molar-refractivity contribution in [2.24, 2.45) is 0 Å². The van der Waals surface area contributed by atoms with Crippen LogP contribution in [-0.4, -0.2) is 42.6 Å². The fourth-order valence-corrected chi connectivity index (χ4v) is 4.45. The summed E-state index contributed by atoms with van der Waals surface area (Å²) in [7, 11) is -3.63. The summed E-state index contributed by atoms with van der Waals surface area (Å²) >= 11 is 0. The molecule has 1 N–H and O–H groups in total. The molecule has 1 amide bonds. The van der Waals surface area contributed by atoms with E-state index in [0.29, 0.717) is 25.3 Å². The second kappa shape index (κ2) is 7.57. The van der Waals surface area contributed by atoms with E-state index in [0.717, 1.165) is 16.7 Å². The third-order valence-corrected chi connectivity index (χ3v) is 6.44. The molecule has 0 radical (unpaired) electrons. The minimum atomic E-state index is -3.63. The van der Waals surface area contributed by atoms with Crippen molar-refractivity contribution in [2.75, 3.05) is 25.0 Å². The Morgan fingerprint density at radius 2 is 1.65 bits per heavy atom. The molecule has 7 heteroatoms. The molecule has 0 saturated carbocycles. The van der Waals surface area contributed by atoms with Crippen LogP contribution in [-0.2, 0) is 21.5 Å². The van der Waals surface area contributed by atoms with Crippen LogP contribution in [0.5, 0.6) is 0 Å². The summed E-state index contributed by atoms with van der Waals surface area (Å²) < 4.78 is 28.1. The van der Waals surface area contributed by atoms with E-state index in [2.05, 4.69) is 5.32 Å². The van der Waals surface area contributed by atoms with Crippen LogP contribution in [0.25, 0.3) is 0 Å². The Bertz CT molecular complexity index is 895. The number of hydrogen-bond donors (Lipinski definition) is 1. The molecule has 3 rings (SSSR count). The standard InChI is InChI=1S/C19H23N3O3S/c1-15-7-9-18(10-8-15)20-19(23)14-22-12-11-21(26(22,24)25)13-17-6-4-3-5-16(17)2/h3-10H,11-14H2,1-2H3,(H,20,23). The third-order valence-electron chi connectivity index (χ3n) is 4.51. The van der Waals surface area contributed by atoms with Crippen molar-refractivity contribution in [1.29, 1.82) is 0 Å². The number of rotatable bonds is 5. The number of hydrogen-bond acceptors (Lipinski definition) is 3. The van der Waals surface area contributed by atoms with Gasteiger partial charge >= 0.3 is 0 Å². The molecular weight excluding hydrogens is 350 g/mol. The first kappa shape index (κ1) is 18.6. The minimum absolute atomic E-state index is 0.180. The molecule has 2 aromatic carbocycles. The number of carbonyl (C=O) groups is 1. The van der Waals surface area contributed by atoms with Gasteiger partial charge in [-0.1, -0.05) is 42.0 Å². The quantitative estimate of drug-likeness (QED) is 0.874. The van der Waals surface area contributed by atoms with Gasteiger partial charge in [0.15, 0.2) is 0 Å². The molecule has 0 aliphatic carbocycles. The lowest BCUT2D eigenvalue weighted by Crippen LogP contribution is -2.37. The fraction of sp³-hybridized carbons (Fsp3) is 0.316. The summed E-state index contributed by atoms with van der Waals surface area (Å²) in [4.78, 5) is 12.2. The summed E-state index contributed by atoms with van der Waals surface area (Å²) in [6.07, 6.45) is 0. The predicted molar refractivity (Wildman–Crippen MR) is 102 cm³/mol. The van der Waals surface area contributed by atoms with Crippen molar-refractivity contribution in [1.82, 2.24) is 8.61 Å². The number of nitrogens with zero attached hydrogens (tertiary/aromatic N) is 2. The van der Waals surface area contributed by atoms with Crippen molar-refractivity contribution < 1.29 is 13.2 Å². The molecule has 6 nitrogen and oxygen atoms in total. The molecule has 0 atom stereocenters. The maximum absolute atomic E-state index is 12.7. The average molecular weight is 373 g/mol. The number of benzene rings is 2. The molecule has 2 aromatic rings. The van der Waals surface area contributed by atoms with Crippen LogP contribution in [0.4, 0.5) is 5.69 Å². The Labute approximate surface area is 154 Å². The van der Waals surface area contributed by atoms with Gasteiger partial charge in [0.2, 0.25) is 5.91 Å². The van der Waals surface area contributed by atoms with Crippen LogP contribution in [0, 0.1) is 13.8 Å². The molecule has 1 heterocycles. The summed E-state index contributed by atoms with van der Waals surface area (Å²) in [6, 6.07) is 15.1. The van der Waals surface area contributed by atoms with E-state index in [-0.39, 0.29) is 12.5 Å². The van der Waals surface area contributed by atoms with Crippen LogP contribution in [0.1, 0.15) is 16.7 Å². The van der Waals surface area contributed by atoms with Crippen LogP contribution >= 0.6 is 0 Å². The van der Waals surface area contributed by atoms with Gasteiger partial charge in [-0.05, 0) is 37.1 Å². The van der Waals surface area contributed by atoms with E-state index in [1.54, 1.807) is 12.1 Å². The number of aryl methyl sites for hydroxylation is 2. The zero-order valence-electron chi connectivity index (χ0n) is 15.0. The Balaban J connectivity index is 1.63. The van der Waals surface area contributed by atoms with Gasteiger partial charge in [0.05, 0.1) is 6.54 Å². The largest absolute Gasteiger partial charge is 0.325 e. The lowest BCUT2D eigenvalue weighted by molar-refractivity contribution is -0.116. The van der Waals surface area contributed by atoms with Gasteiger partial charge in [-0.25, -0.2) is 0 Å². The molecule has 1 fully saturated rings. The Kier molecular flexibility index (Phi) is 5.41. The molecule has 1 saturated heterocycles. The first-order valence-electron chi connectivity index (χ1n) is 8.52. The van der Waals surface area contributed by atoms with Crippen molar-refractivity contribution >= 4 is 21.8 Å². The van der Waals surface area contributed by atoms with Gasteiger partial charge in [0, 0.05) is 25.3 Å². The maximum Gasteiger partial charge on any atom is 0.282 e. The normalized spacial score (nSPS) is 17.3. The van der Waals surface area contributed by atoms with Crippen LogP contribution in [0.3, 0.4) is 0 Å². The maximum atomic E-state index is 12.7. The zero-order valence-corrected chi connectivity index (χ0v) is 15.8. The van der Waals surface area contributed by atoms with E-state index >= 15 is 0 Å². The Morgan fingerprint density at radius 3 is 2.35 bits per heavy atom. The molecule has 0 unspecified atom stereocenters. The smallest absolute Gasteiger partial charge is 0.282 e. The highest BCUT2D eigenvalue weighted by Gasteiger charge is 2.37. The van der Waals surface area contributed by atoms with E-state index in [4.69, 9.17) is 0 Å². The van der Waals surface area contributed by atoms with E-state index in [9.17, 15) is 13.2 Å². The van der Waals surface area contributed by atoms with Crippen LogP contribution in [0.2, 0.25) is 0 Å². The monoisotopic (exact) mass is 373 g/mol. The van der Waals surface area contributed by atoms with Gasteiger partial charge < -0.3 is 5.32 Å². The van der Waals surface area contributed by atoms with Crippen LogP contribution < -0.4 is 5.32 Å². The molecule has 1 aliphatic rings. The average Bonchev–Trinajstić information content (AvgIpc) is 2.86. The van der Waals surface area contributed by atoms with Gasteiger partial charge in [-0.2, -0.15) is 17.0 Å². The summed E-state index contributed by atoms with van der Waals surface area (Å²) in [5.41, 5.74) is 3.78. The summed E-state index contributed by atoms with van der Waals surface area (Å²) in [5, 5.41) is 2.74. The Hall–Kier alpha value is -2.22. The number of carbonyl (C=O) groups excluding carboxylic acids is 1. The van der Waals surface area contributed by atoms with Crippen molar-refractivity contribution in [3.8, 4) is 0 Å². The van der Waals surface area contributed by atoms with Crippen LogP contribution in [0.15, 0.2) is 48.5 Å². The second-order valence-electron chi connectivity index (χ2n) is 6.52. The molecule has 0 aromatic heterocycles. The summed E-state index contributed by atoms with van der Waals surface area (Å²) in [6.45, 7) is 4.77. The molecular formula is C19H23N3O3S. The number of anilines is 1. The first-order valence-corrected chi connectivity index (χ1v) is 9.92.